The fourth-order valence-electron chi connectivity index (χ4n) is 2.13. The Morgan fingerprint density at radius 1 is 1.00 bits per heavy atom. The lowest BCUT2D eigenvalue weighted by molar-refractivity contribution is 0.534. The van der Waals surface area contributed by atoms with E-state index in [4.69, 9.17) is 4.42 Å². The first-order valence-corrected chi connectivity index (χ1v) is 5.29. The molecule has 0 atom stereocenters. The Morgan fingerprint density at radius 2 is 1.81 bits per heavy atom. The van der Waals surface area contributed by atoms with Gasteiger partial charge in [-0.15, -0.1) is 12.4 Å². The normalized spacial score (nSPS) is 14.1. The zero-order chi connectivity index (χ0) is 10.1. The molecule has 3 heteroatoms. The zero-order valence-corrected chi connectivity index (χ0v) is 9.74. The summed E-state index contributed by atoms with van der Waals surface area (Å²) in [4.78, 5) is 2.28. The quantitative estimate of drug-likeness (QED) is 0.755. The number of anilines is 1. The van der Waals surface area contributed by atoms with E-state index in [2.05, 4.69) is 29.2 Å². The van der Waals surface area contributed by atoms with Crippen LogP contribution in [-0.4, -0.2) is 6.54 Å². The Morgan fingerprint density at radius 3 is 2.56 bits per heavy atom. The van der Waals surface area contributed by atoms with Crippen molar-refractivity contribution >= 4 is 18.3 Å². The van der Waals surface area contributed by atoms with Crippen LogP contribution in [0.3, 0.4) is 0 Å². The van der Waals surface area contributed by atoms with Gasteiger partial charge in [0.05, 0.1) is 6.26 Å². The van der Waals surface area contributed by atoms with E-state index in [1.54, 1.807) is 6.26 Å². The molecule has 1 aliphatic heterocycles. The Bertz CT molecular complexity index is 453. The Labute approximate surface area is 101 Å². The van der Waals surface area contributed by atoms with Crippen molar-refractivity contribution in [2.24, 2.45) is 0 Å². The third-order valence-electron chi connectivity index (χ3n) is 2.95. The van der Waals surface area contributed by atoms with Crippen molar-refractivity contribution in [1.82, 2.24) is 0 Å². The molecular weight excluding hydrogens is 222 g/mol. The van der Waals surface area contributed by atoms with Crippen LogP contribution < -0.4 is 4.90 Å². The maximum atomic E-state index is 5.41. The molecule has 1 aliphatic rings. The van der Waals surface area contributed by atoms with Crippen LogP contribution in [0.15, 0.2) is 47.1 Å². The molecule has 0 fully saturated rings. The van der Waals surface area contributed by atoms with Gasteiger partial charge in [0.1, 0.15) is 0 Å². The molecule has 0 aliphatic carbocycles. The van der Waals surface area contributed by atoms with Crippen LogP contribution >= 0.6 is 12.4 Å². The van der Waals surface area contributed by atoms with Crippen LogP contribution in [0.1, 0.15) is 11.1 Å². The Balaban J connectivity index is 0.000000963. The van der Waals surface area contributed by atoms with Crippen molar-refractivity contribution in [3.8, 4) is 0 Å². The predicted molar refractivity (Wildman–Crippen MR) is 67.2 cm³/mol. The van der Waals surface area contributed by atoms with Gasteiger partial charge in [0, 0.05) is 19.2 Å². The van der Waals surface area contributed by atoms with Crippen molar-refractivity contribution < 1.29 is 4.42 Å². The molecule has 0 spiro atoms. The number of hydrogen-bond acceptors (Lipinski definition) is 2. The summed E-state index contributed by atoms with van der Waals surface area (Å²) in [7, 11) is 0. The van der Waals surface area contributed by atoms with E-state index in [9.17, 15) is 0 Å². The summed E-state index contributed by atoms with van der Waals surface area (Å²) in [5.41, 5.74) is 2.89. The van der Waals surface area contributed by atoms with Gasteiger partial charge >= 0.3 is 0 Å². The number of furan rings is 1. The third-order valence-corrected chi connectivity index (χ3v) is 2.95. The molecule has 1 aromatic carbocycles. The molecule has 2 heterocycles. The average molecular weight is 236 g/mol. The number of fused-ring (bicyclic) bond motifs is 1. The van der Waals surface area contributed by atoms with Crippen molar-refractivity contribution in [3.05, 3.63) is 53.8 Å². The zero-order valence-electron chi connectivity index (χ0n) is 8.93. The summed E-state index contributed by atoms with van der Waals surface area (Å²) >= 11 is 0. The molecule has 3 rings (SSSR count). The average Bonchev–Trinajstić information content (AvgIpc) is 2.82. The maximum absolute atomic E-state index is 5.41. The van der Waals surface area contributed by atoms with Crippen LogP contribution in [-0.2, 0) is 13.0 Å². The van der Waals surface area contributed by atoms with Crippen LogP contribution in [0.2, 0.25) is 0 Å². The SMILES string of the molecule is Cl.c1coc(N2CCc3ccccc3C2)c1. The van der Waals surface area contributed by atoms with Gasteiger partial charge < -0.3 is 9.32 Å². The highest BCUT2D eigenvalue weighted by Crippen LogP contribution is 2.24. The van der Waals surface area contributed by atoms with E-state index >= 15 is 0 Å². The summed E-state index contributed by atoms with van der Waals surface area (Å²) in [6.07, 6.45) is 2.84. The summed E-state index contributed by atoms with van der Waals surface area (Å²) in [5, 5.41) is 0. The lowest BCUT2D eigenvalue weighted by atomic mass is 10.0. The van der Waals surface area contributed by atoms with E-state index in [0.29, 0.717) is 0 Å². The predicted octanol–water partition coefficient (Wildman–Crippen LogP) is 3.26. The van der Waals surface area contributed by atoms with Crippen LogP contribution in [0.25, 0.3) is 0 Å². The summed E-state index contributed by atoms with van der Waals surface area (Å²) < 4.78 is 5.41. The molecule has 0 radical (unpaired) electrons. The largest absolute Gasteiger partial charge is 0.449 e. The van der Waals surface area contributed by atoms with Crippen LogP contribution in [0.5, 0.6) is 0 Å². The lowest BCUT2D eigenvalue weighted by Gasteiger charge is -2.28. The van der Waals surface area contributed by atoms with Crippen molar-refractivity contribution in [2.75, 3.05) is 11.4 Å². The van der Waals surface area contributed by atoms with Crippen LogP contribution in [0, 0.1) is 0 Å². The molecule has 0 N–H and O–H groups in total. The first-order valence-electron chi connectivity index (χ1n) is 5.29. The van der Waals surface area contributed by atoms with Gasteiger partial charge in [-0.05, 0) is 23.6 Å². The van der Waals surface area contributed by atoms with Gasteiger partial charge in [-0.2, -0.15) is 0 Å². The second-order valence-corrected chi connectivity index (χ2v) is 3.89. The fourth-order valence-corrected chi connectivity index (χ4v) is 2.13. The lowest BCUT2D eigenvalue weighted by Crippen LogP contribution is -2.29. The number of hydrogen-bond donors (Lipinski definition) is 0. The number of rotatable bonds is 1. The first-order chi connectivity index (χ1) is 7.43. The van der Waals surface area contributed by atoms with Gasteiger partial charge in [-0.1, -0.05) is 24.3 Å². The molecule has 0 saturated heterocycles. The van der Waals surface area contributed by atoms with Gasteiger partial charge in [-0.25, -0.2) is 0 Å². The molecule has 0 unspecified atom stereocenters. The minimum absolute atomic E-state index is 0. The van der Waals surface area contributed by atoms with Crippen molar-refractivity contribution in [1.29, 1.82) is 0 Å². The number of nitrogens with zero attached hydrogens (tertiary/aromatic N) is 1. The van der Waals surface area contributed by atoms with E-state index in [1.165, 1.54) is 11.1 Å². The maximum Gasteiger partial charge on any atom is 0.195 e. The molecule has 0 saturated carbocycles. The molecule has 1 aromatic heterocycles. The summed E-state index contributed by atoms with van der Waals surface area (Å²) in [6, 6.07) is 12.6. The molecule has 2 nitrogen and oxygen atoms in total. The van der Waals surface area contributed by atoms with Crippen molar-refractivity contribution in [2.45, 2.75) is 13.0 Å². The topological polar surface area (TPSA) is 16.4 Å². The van der Waals surface area contributed by atoms with E-state index in [-0.39, 0.29) is 12.4 Å². The Kier molecular flexibility index (Phi) is 3.20. The minimum Gasteiger partial charge on any atom is -0.449 e. The summed E-state index contributed by atoms with van der Waals surface area (Å²) in [5.74, 6) is 0.976. The highest BCUT2D eigenvalue weighted by atomic mass is 35.5. The van der Waals surface area contributed by atoms with E-state index in [1.807, 2.05) is 12.1 Å². The van der Waals surface area contributed by atoms with E-state index < -0.39 is 0 Å². The first kappa shape index (κ1) is 11.1. The number of halogens is 1. The molecule has 16 heavy (non-hydrogen) atoms. The molecular formula is C13H14ClNO. The van der Waals surface area contributed by atoms with E-state index in [0.717, 1.165) is 25.4 Å². The summed E-state index contributed by atoms with van der Waals surface area (Å²) in [6.45, 7) is 2.01. The van der Waals surface area contributed by atoms with Gasteiger partial charge in [0.2, 0.25) is 0 Å². The third kappa shape index (κ3) is 1.93. The van der Waals surface area contributed by atoms with Gasteiger partial charge in [-0.3, -0.25) is 0 Å². The molecule has 0 amide bonds. The minimum atomic E-state index is 0. The highest BCUT2D eigenvalue weighted by Gasteiger charge is 2.17. The number of benzene rings is 1. The second-order valence-electron chi connectivity index (χ2n) is 3.89. The molecule has 2 aromatic rings. The second kappa shape index (κ2) is 4.62. The smallest absolute Gasteiger partial charge is 0.195 e. The van der Waals surface area contributed by atoms with Crippen molar-refractivity contribution in [3.63, 3.8) is 0 Å². The van der Waals surface area contributed by atoms with Gasteiger partial charge in [0.15, 0.2) is 5.88 Å². The van der Waals surface area contributed by atoms with Crippen LogP contribution in [0.4, 0.5) is 5.88 Å². The Hall–Kier alpha value is -1.41. The van der Waals surface area contributed by atoms with Gasteiger partial charge in [0.25, 0.3) is 0 Å². The molecule has 84 valence electrons. The monoisotopic (exact) mass is 235 g/mol. The molecule has 0 bridgehead atoms. The standard InChI is InChI=1S/C13H13NO.ClH/c1-2-5-12-10-14(8-7-11(12)4-1)13-6-3-9-15-13;/h1-6,9H,7-8,10H2;1H. The fraction of sp³-hybridized carbons (Fsp3) is 0.231. The highest BCUT2D eigenvalue weighted by molar-refractivity contribution is 5.85.